The molecule has 0 spiro atoms. The first-order valence-electron chi connectivity index (χ1n) is 6.36. The van der Waals surface area contributed by atoms with Crippen LogP contribution in [0, 0.1) is 0 Å². The number of aliphatic hydroxyl groups is 1. The van der Waals surface area contributed by atoms with E-state index in [1.54, 1.807) is 13.2 Å². The molecule has 0 aliphatic carbocycles. The third-order valence-corrected chi connectivity index (χ3v) is 3.79. The Labute approximate surface area is 122 Å². The van der Waals surface area contributed by atoms with Gasteiger partial charge in [0.25, 0.3) is 0 Å². The van der Waals surface area contributed by atoms with E-state index in [1.807, 2.05) is 30.3 Å². The summed E-state index contributed by atoms with van der Waals surface area (Å²) >= 11 is 3.51. The molecule has 2 rings (SSSR count). The maximum absolute atomic E-state index is 9.64. The van der Waals surface area contributed by atoms with E-state index in [4.69, 9.17) is 4.42 Å². The SMILES string of the molecule is CCN(Cc1ccco1)c1ccc([C@@H](C)O)c(Br)c1. The molecule has 0 bridgehead atoms. The van der Waals surface area contributed by atoms with Crippen LogP contribution in [0.25, 0.3) is 0 Å². The zero-order chi connectivity index (χ0) is 13.8. The summed E-state index contributed by atoms with van der Waals surface area (Å²) in [6.07, 6.45) is 1.22. The van der Waals surface area contributed by atoms with Gasteiger partial charge in [0, 0.05) is 16.7 Å². The summed E-state index contributed by atoms with van der Waals surface area (Å²) < 4.78 is 6.31. The number of hydrogen-bond acceptors (Lipinski definition) is 3. The highest BCUT2D eigenvalue weighted by Crippen LogP contribution is 2.28. The first-order chi connectivity index (χ1) is 9.11. The molecule has 0 amide bonds. The summed E-state index contributed by atoms with van der Waals surface area (Å²) in [6.45, 7) is 5.50. The number of rotatable bonds is 5. The highest BCUT2D eigenvalue weighted by molar-refractivity contribution is 9.10. The largest absolute Gasteiger partial charge is 0.467 e. The molecule has 0 aliphatic rings. The lowest BCUT2D eigenvalue weighted by Gasteiger charge is -2.23. The number of hydrogen-bond donors (Lipinski definition) is 1. The number of furan rings is 1. The zero-order valence-electron chi connectivity index (χ0n) is 11.1. The van der Waals surface area contributed by atoms with Gasteiger partial charge in [-0.15, -0.1) is 0 Å². The lowest BCUT2D eigenvalue weighted by molar-refractivity contribution is 0.198. The molecule has 102 valence electrons. The number of nitrogens with zero attached hydrogens (tertiary/aromatic N) is 1. The van der Waals surface area contributed by atoms with E-state index in [2.05, 4.69) is 27.8 Å². The summed E-state index contributed by atoms with van der Waals surface area (Å²) in [6, 6.07) is 9.89. The lowest BCUT2D eigenvalue weighted by Crippen LogP contribution is -2.21. The van der Waals surface area contributed by atoms with Gasteiger partial charge in [-0.25, -0.2) is 0 Å². The average molecular weight is 324 g/mol. The first-order valence-corrected chi connectivity index (χ1v) is 7.16. The number of anilines is 1. The normalized spacial score (nSPS) is 12.4. The minimum Gasteiger partial charge on any atom is -0.467 e. The molecule has 1 N–H and O–H groups in total. The molecule has 0 unspecified atom stereocenters. The van der Waals surface area contributed by atoms with Crippen molar-refractivity contribution in [1.29, 1.82) is 0 Å². The van der Waals surface area contributed by atoms with Crippen molar-refractivity contribution in [2.75, 3.05) is 11.4 Å². The lowest BCUT2D eigenvalue weighted by atomic mass is 10.1. The third-order valence-electron chi connectivity index (χ3n) is 3.11. The molecule has 0 saturated carbocycles. The Kier molecular flexibility index (Phi) is 4.66. The van der Waals surface area contributed by atoms with Crippen molar-refractivity contribution < 1.29 is 9.52 Å². The second-order valence-electron chi connectivity index (χ2n) is 4.48. The fraction of sp³-hybridized carbons (Fsp3) is 0.333. The van der Waals surface area contributed by atoms with Crippen molar-refractivity contribution in [2.24, 2.45) is 0 Å². The van der Waals surface area contributed by atoms with Gasteiger partial charge in [0.05, 0.1) is 18.9 Å². The number of halogens is 1. The van der Waals surface area contributed by atoms with Crippen molar-refractivity contribution in [3.8, 4) is 0 Å². The minimum atomic E-state index is -0.469. The van der Waals surface area contributed by atoms with Crippen molar-refractivity contribution in [1.82, 2.24) is 0 Å². The summed E-state index contributed by atoms with van der Waals surface area (Å²) in [5.41, 5.74) is 2.01. The summed E-state index contributed by atoms with van der Waals surface area (Å²) in [5.74, 6) is 0.942. The van der Waals surface area contributed by atoms with Crippen LogP contribution in [-0.2, 0) is 6.54 Å². The Morgan fingerprint density at radius 3 is 2.68 bits per heavy atom. The van der Waals surface area contributed by atoms with E-state index in [-0.39, 0.29) is 0 Å². The van der Waals surface area contributed by atoms with Crippen molar-refractivity contribution in [3.63, 3.8) is 0 Å². The highest BCUT2D eigenvalue weighted by Gasteiger charge is 2.11. The van der Waals surface area contributed by atoms with E-state index >= 15 is 0 Å². The Morgan fingerprint density at radius 1 is 1.37 bits per heavy atom. The fourth-order valence-electron chi connectivity index (χ4n) is 2.03. The van der Waals surface area contributed by atoms with Gasteiger partial charge < -0.3 is 14.4 Å². The predicted molar refractivity (Wildman–Crippen MR) is 80.2 cm³/mol. The monoisotopic (exact) mass is 323 g/mol. The summed E-state index contributed by atoms with van der Waals surface area (Å²) in [5, 5.41) is 9.64. The van der Waals surface area contributed by atoms with Crippen LogP contribution < -0.4 is 4.90 Å². The molecule has 0 radical (unpaired) electrons. The van der Waals surface area contributed by atoms with Crippen molar-refractivity contribution >= 4 is 21.6 Å². The molecule has 19 heavy (non-hydrogen) atoms. The molecular formula is C15H18BrNO2. The van der Waals surface area contributed by atoms with Gasteiger partial charge in [-0.2, -0.15) is 0 Å². The van der Waals surface area contributed by atoms with Gasteiger partial charge in [0.15, 0.2) is 0 Å². The number of benzene rings is 1. The van der Waals surface area contributed by atoms with Crippen LogP contribution >= 0.6 is 15.9 Å². The van der Waals surface area contributed by atoms with Crippen LogP contribution in [-0.4, -0.2) is 11.7 Å². The molecule has 1 heterocycles. The smallest absolute Gasteiger partial charge is 0.123 e. The van der Waals surface area contributed by atoms with Crippen molar-refractivity contribution in [2.45, 2.75) is 26.5 Å². The molecule has 1 atom stereocenters. The van der Waals surface area contributed by atoms with Crippen LogP contribution in [0.2, 0.25) is 0 Å². The molecule has 3 nitrogen and oxygen atoms in total. The van der Waals surface area contributed by atoms with Gasteiger partial charge >= 0.3 is 0 Å². The van der Waals surface area contributed by atoms with E-state index in [0.29, 0.717) is 0 Å². The van der Waals surface area contributed by atoms with Crippen LogP contribution in [0.15, 0.2) is 45.5 Å². The first kappa shape index (κ1) is 14.2. The van der Waals surface area contributed by atoms with Crippen LogP contribution in [0.5, 0.6) is 0 Å². The number of aliphatic hydroxyl groups excluding tert-OH is 1. The Morgan fingerprint density at radius 2 is 2.16 bits per heavy atom. The second-order valence-corrected chi connectivity index (χ2v) is 5.33. The Bertz CT molecular complexity index is 523. The van der Waals surface area contributed by atoms with Crippen LogP contribution in [0.3, 0.4) is 0 Å². The average Bonchev–Trinajstić information content (AvgIpc) is 2.88. The van der Waals surface area contributed by atoms with Crippen molar-refractivity contribution in [3.05, 3.63) is 52.4 Å². The summed E-state index contributed by atoms with van der Waals surface area (Å²) in [4.78, 5) is 2.22. The summed E-state index contributed by atoms with van der Waals surface area (Å²) in [7, 11) is 0. The molecule has 4 heteroatoms. The standard InChI is InChI=1S/C15H18BrNO2/c1-3-17(10-13-5-4-8-19-13)12-6-7-14(11(2)18)15(16)9-12/h4-9,11,18H,3,10H2,1-2H3/t11-/m1/s1. The fourth-order valence-corrected chi connectivity index (χ4v) is 2.73. The van der Waals surface area contributed by atoms with E-state index in [0.717, 1.165) is 34.6 Å². The minimum absolute atomic E-state index is 0.469. The predicted octanol–water partition coefficient (Wildman–Crippen LogP) is 4.12. The van der Waals surface area contributed by atoms with Crippen LogP contribution in [0.1, 0.15) is 31.3 Å². The topological polar surface area (TPSA) is 36.6 Å². The van der Waals surface area contributed by atoms with Gasteiger partial charge in [0.1, 0.15) is 5.76 Å². The third kappa shape index (κ3) is 3.39. The van der Waals surface area contributed by atoms with Gasteiger partial charge in [0.2, 0.25) is 0 Å². The zero-order valence-corrected chi connectivity index (χ0v) is 12.7. The van der Waals surface area contributed by atoms with Crippen LogP contribution in [0.4, 0.5) is 5.69 Å². The molecule has 1 aromatic heterocycles. The maximum Gasteiger partial charge on any atom is 0.123 e. The molecule has 0 saturated heterocycles. The molecule has 1 aromatic carbocycles. The Hall–Kier alpha value is -1.26. The highest BCUT2D eigenvalue weighted by atomic mass is 79.9. The maximum atomic E-state index is 9.64. The molecule has 0 fully saturated rings. The van der Waals surface area contributed by atoms with Gasteiger partial charge in [-0.05, 0) is 43.7 Å². The Balaban J connectivity index is 2.21. The van der Waals surface area contributed by atoms with E-state index in [1.165, 1.54) is 0 Å². The second kappa shape index (κ2) is 6.26. The van der Waals surface area contributed by atoms with Gasteiger partial charge in [-0.1, -0.05) is 22.0 Å². The molecule has 0 aliphatic heterocycles. The quantitative estimate of drug-likeness (QED) is 0.899. The van der Waals surface area contributed by atoms with E-state index in [9.17, 15) is 5.11 Å². The van der Waals surface area contributed by atoms with E-state index < -0.39 is 6.10 Å². The molecular weight excluding hydrogens is 306 g/mol. The molecule has 2 aromatic rings. The van der Waals surface area contributed by atoms with Gasteiger partial charge in [-0.3, -0.25) is 0 Å².